The van der Waals surface area contributed by atoms with Gasteiger partial charge in [0.1, 0.15) is 5.75 Å². The van der Waals surface area contributed by atoms with Crippen molar-refractivity contribution in [1.82, 2.24) is 4.90 Å². The molecule has 1 amide bonds. The molecule has 2 fully saturated rings. The molecular weight excluding hydrogens is 646 g/mol. The van der Waals surface area contributed by atoms with E-state index in [9.17, 15) is 4.79 Å². The second kappa shape index (κ2) is 10.9. The smallest absolute Gasteiger partial charge is 0.267 e. The van der Waals surface area contributed by atoms with Crippen LogP contribution in [0.15, 0.2) is 52.4 Å². The predicted octanol–water partition coefficient (Wildman–Crippen LogP) is 7.62. The van der Waals surface area contributed by atoms with E-state index in [0.717, 1.165) is 47.1 Å². The van der Waals surface area contributed by atoms with E-state index in [2.05, 4.69) is 57.3 Å². The lowest BCUT2D eigenvalue weighted by molar-refractivity contribution is -0.124. The highest BCUT2D eigenvalue weighted by Crippen LogP contribution is 2.39. The largest absolute Gasteiger partial charge is 0.489 e. The van der Waals surface area contributed by atoms with Crippen LogP contribution < -0.4 is 4.74 Å². The van der Waals surface area contributed by atoms with Crippen LogP contribution in [0, 0.1) is 7.14 Å². The molecule has 0 N–H and O–H groups in total. The minimum atomic E-state index is 0.0732. The Balaban J connectivity index is 1.68. The Hall–Kier alpha value is -1.07. The van der Waals surface area contributed by atoms with Crippen LogP contribution in [-0.2, 0) is 4.79 Å². The summed E-state index contributed by atoms with van der Waals surface area (Å²) >= 11 is 6.11. The Morgan fingerprint density at radius 3 is 2.38 bits per heavy atom. The van der Waals surface area contributed by atoms with Gasteiger partial charge in [-0.2, -0.15) is 0 Å². The van der Waals surface area contributed by atoms with Crippen molar-refractivity contribution in [2.45, 2.75) is 58.1 Å². The maximum absolute atomic E-state index is 13.5. The Bertz CT molecular complexity index is 1020. The minimum absolute atomic E-state index is 0.0732. The topological polar surface area (TPSA) is 41.9 Å². The summed E-state index contributed by atoms with van der Waals surface area (Å²) in [6.07, 6.45) is 7.80. The average molecular weight is 672 g/mol. The zero-order valence-corrected chi connectivity index (χ0v) is 23.3. The maximum atomic E-state index is 13.5. The van der Waals surface area contributed by atoms with Crippen LogP contribution in [-0.4, -0.2) is 28.1 Å². The minimum Gasteiger partial charge on any atom is -0.489 e. The fraction of sp³-hybridized carbons (Fsp3) is 0.360. The fourth-order valence-corrected chi connectivity index (χ4v) is 7.13. The van der Waals surface area contributed by atoms with Gasteiger partial charge in [-0.15, -0.1) is 0 Å². The number of carbonyl (C=O) groups is 1. The Kier molecular flexibility index (Phi) is 8.20. The number of ether oxygens (including phenoxy) is 1. The molecule has 32 heavy (non-hydrogen) atoms. The molecule has 168 valence electrons. The first kappa shape index (κ1) is 24.1. The molecular formula is C25H26I2N2O2S. The van der Waals surface area contributed by atoms with Crippen LogP contribution in [0.2, 0.25) is 0 Å². The van der Waals surface area contributed by atoms with Crippen LogP contribution in [0.3, 0.4) is 0 Å². The van der Waals surface area contributed by atoms with Gasteiger partial charge in [-0.3, -0.25) is 9.69 Å². The lowest BCUT2D eigenvalue weighted by Gasteiger charge is -2.30. The van der Waals surface area contributed by atoms with Crippen molar-refractivity contribution in [2.24, 2.45) is 4.99 Å². The van der Waals surface area contributed by atoms with Gasteiger partial charge < -0.3 is 4.74 Å². The summed E-state index contributed by atoms with van der Waals surface area (Å²) in [7, 11) is 0. The highest BCUT2D eigenvalue weighted by atomic mass is 127. The number of amides is 1. The molecule has 0 atom stereocenters. The number of hydrogen-bond donors (Lipinski definition) is 0. The van der Waals surface area contributed by atoms with Crippen molar-refractivity contribution in [2.75, 3.05) is 0 Å². The fourth-order valence-electron chi connectivity index (χ4n) is 4.00. The first-order chi connectivity index (χ1) is 15.4. The van der Waals surface area contributed by atoms with Crippen LogP contribution >= 0.6 is 56.9 Å². The number of halogens is 2. The van der Waals surface area contributed by atoms with Crippen LogP contribution in [0.25, 0.3) is 6.08 Å². The molecule has 1 saturated heterocycles. The number of hydrogen-bond acceptors (Lipinski definition) is 4. The summed E-state index contributed by atoms with van der Waals surface area (Å²) in [4.78, 5) is 21.1. The van der Waals surface area contributed by atoms with Gasteiger partial charge in [0, 0.05) is 6.04 Å². The quantitative estimate of drug-likeness (QED) is 0.243. The Labute approximate surface area is 221 Å². The molecule has 0 unspecified atom stereocenters. The normalized spacial score (nSPS) is 20.0. The number of para-hydroxylation sites is 1. The van der Waals surface area contributed by atoms with Gasteiger partial charge in [0.25, 0.3) is 5.91 Å². The van der Waals surface area contributed by atoms with E-state index >= 15 is 0 Å². The SMILES string of the molecule is CC(C)Oc1c(I)cc(/C=C2\SC(=Nc3ccccc3)N(C3CCCCC3)C2=O)cc1I. The molecule has 1 aliphatic carbocycles. The molecule has 1 saturated carbocycles. The summed E-state index contributed by atoms with van der Waals surface area (Å²) < 4.78 is 8.06. The first-order valence-electron chi connectivity index (χ1n) is 10.9. The van der Waals surface area contributed by atoms with Crippen molar-refractivity contribution < 1.29 is 9.53 Å². The number of thioether (sulfide) groups is 1. The van der Waals surface area contributed by atoms with E-state index in [-0.39, 0.29) is 18.1 Å². The molecule has 2 aromatic rings. The predicted molar refractivity (Wildman–Crippen MR) is 150 cm³/mol. The number of amidine groups is 1. The third-order valence-electron chi connectivity index (χ3n) is 5.43. The van der Waals surface area contributed by atoms with Gasteiger partial charge in [-0.05, 0) is 120 Å². The number of rotatable bonds is 5. The number of carbonyl (C=O) groups excluding carboxylic acids is 1. The molecule has 0 bridgehead atoms. The monoisotopic (exact) mass is 672 g/mol. The summed E-state index contributed by atoms with van der Waals surface area (Å²) in [5.74, 6) is 0.980. The number of aliphatic imine (C=N–C) groups is 1. The van der Waals surface area contributed by atoms with Gasteiger partial charge in [0.15, 0.2) is 5.17 Å². The molecule has 4 rings (SSSR count). The molecule has 1 aliphatic heterocycles. The van der Waals surface area contributed by atoms with Crippen molar-refractivity contribution in [1.29, 1.82) is 0 Å². The summed E-state index contributed by atoms with van der Waals surface area (Å²) in [5, 5.41) is 0.795. The van der Waals surface area contributed by atoms with Gasteiger partial charge in [-0.1, -0.05) is 37.5 Å². The zero-order chi connectivity index (χ0) is 22.7. The standard InChI is InChI=1S/C25H26I2N2O2S/c1-16(2)31-23-20(26)13-17(14-21(23)27)15-22-24(30)29(19-11-7-4-8-12-19)25(32-22)28-18-9-5-3-6-10-18/h3,5-6,9-10,13-16,19H,4,7-8,11-12H2,1-2H3/b22-15-,28-25?. The molecule has 0 aromatic heterocycles. The average Bonchev–Trinajstić information content (AvgIpc) is 3.06. The zero-order valence-electron chi connectivity index (χ0n) is 18.2. The summed E-state index contributed by atoms with van der Waals surface area (Å²) in [5.41, 5.74) is 1.89. The lowest BCUT2D eigenvalue weighted by atomic mass is 9.94. The van der Waals surface area contributed by atoms with Gasteiger partial charge in [-0.25, -0.2) is 4.99 Å². The van der Waals surface area contributed by atoms with E-state index in [1.165, 1.54) is 31.0 Å². The van der Waals surface area contributed by atoms with Crippen molar-refractivity contribution in [3.63, 3.8) is 0 Å². The second-order valence-electron chi connectivity index (χ2n) is 8.29. The van der Waals surface area contributed by atoms with E-state index in [4.69, 9.17) is 9.73 Å². The highest BCUT2D eigenvalue weighted by Gasteiger charge is 2.38. The van der Waals surface area contributed by atoms with E-state index < -0.39 is 0 Å². The van der Waals surface area contributed by atoms with Crippen LogP contribution in [0.4, 0.5) is 5.69 Å². The third-order valence-corrected chi connectivity index (χ3v) is 8.02. The Morgan fingerprint density at radius 1 is 1.09 bits per heavy atom. The number of nitrogens with zero attached hydrogens (tertiary/aromatic N) is 2. The van der Waals surface area contributed by atoms with Crippen LogP contribution in [0.5, 0.6) is 5.75 Å². The highest BCUT2D eigenvalue weighted by molar-refractivity contribution is 14.1. The van der Waals surface area contributed by atoms with Crippen LogP contribution in [0.1, 0.15) is 51.5 Å². The molecule has 0 spiro atoms. The van der Waals surface area contributed by atoms with Crippen molar-refractivity contribution >= 4 is 79.8 Å². The van der Waals surface area contributed by atoms with E-state index in [1.54, 1.807) is 0 Å². The molecule has 7 heteroatoms. The number of benzene rings is 2. The molecule has 2 aliphatic rings. The third kappa shape index (κ3) is 5.70. The summed E-state index contributed by atoms with van der Waals surface area (Å²) in [6, 6.07) is 14.3. The van der Waals surface area contributed by atoms with Crippen molar-refractivity contribution in [3.05, 3.63) is 60.1 Å². The van der Waals surface area contributed by atoms with Gasteiger partial charge in [0.05, 0.1) is 23.8 Å². The maximum Gasteiger partial charge on any atom is 0.267 e. The molecule has 1 heterocycles. The molecule has 2 aromatic carbocycles. The van der Waals surface area contributed by atoms with E-state index in [1.807, 2.05) is 55.2 Å². The van der Waals surface area contributed by atoms with E-state index in [0.29, 0.717) is 0 Å². The van der Waals surface area contributed by atoms with Gasteiger partial charge >= 0.3 is 0 Å². The molecule has 4 nitrogen and oxygen atoms in total. The molecule has 0 radical (unpaired) electrons. The van der Waals surface area contributed by atoms with Gasteiger partial charge in [0.2, 0.25) is 0 Å². The van der Waals surface area contributed by atoms with Crippen molar-refractivity contribution in [3.8, 4) is 5.75 Å². The second-order valence-corrected chi connectivity index (χ2v) is 11.6. The lowest BCUT2D eigenvalue weighted by Crippen LogP contribution is -2.40. The first-order valence-corrected chi connectivity index (χ1v) is 13.9. The Morgan fingerprint density at radius 2 is 1.75 bits per heavy atom. The summed E-state index contributed by atoms with van der Waals surface area (Å²) in [6.45, 7) is 4.06.